The number of carbonyl (C=O) groups excluding carboxylic acids is 3. The molecule has 9 nitrogen and oxygen atoms in total. The summed E-state index contributed by atoms with van der Waals surface area (Å²) >= 11 is 0. The minimum Gasteiger partial charge on any atom is -0.497 e. The molecule has 2 amide bonds. The number of anilines is 2. The molecule has 192 valence electrons. The molecule has 9 heteroatoms. The summed E-state index contributed by atoms with van der Waals surface area (Å²) in [6, 6.07) is 14.9. The Labute approximate surface area is 215 Å². The number of carbonyl (C=O) groups is 3. The average molecular weight is 503 g/mol. The smallest absolute Gasteiger partial charge is 0.312 e. The number of rotatable bonds is 6. The third kappa shape index (κ3) is 4.57. The lowest BCUT2D eigenvalue weighted by Gasteiger charge is -2.34. The van der Waals surface area contributed by atoms with Gasteiger partial charge in [-0.2, -0.15) is 0 Å². The van der Waals surface area contributed by atoms with Gasteiger partial charge in [-0.3, -0.25) is 14.4 Å². The summed E-state index contributed by atoms with van der Waals surface area (Å²) in [5.41, 5.74) is 3.19. The maximum atomic E-state index is 13.8. The van der Waals surface area contributed by atoms with Crippen LogP contribution in [0.25, 0.3) is 5.69 Å². The average Bonchev–Trinajstić information content (AvgIpc) is 3.28. The zero-order valence-electron chi connectivity index (χ0n) is 21.3. The Morgan fingerprint density at radius 2 is 1.68 bits per heavy atom. The van der Waals surface area contributed by atoms with Crippen LogP contribution in [0.15, 0.2) is 48.5 Å². The summed E-state index contributed by atoms with van der Waals surface area (Å²) in [5.74, 6) is 0.325. The first-order chi connectivity index (χ1) is 17.9. The van der Waals surface area contributed by atoms with Crippen LogP contribution in [0.1, 0.15) is 55.6 Å². The van der Waals surface area contributed by atoms with Gasteiger partial charge in [-0.05, 0) is 74.7 Å². The molecule has 5 rings (SSSR count). The van der Waals surface area contributed by atoms with E-state index in [1.165, 1.54) is 4.68 Å². The number of piperidine rings is 1. The fraction of sp³-hybridized carbons (Fsp3) is 0.357. The molecule has 1 atom stereocenters. The summed E-state index contributed by atoms with van der Waals surface area (Å²) in [6.07, 6.45) is 3.12. The van der Waals surface area contributed by atoms with E-state index in [-0.39, 0.29) is 30.2 Å². The van der Waals surface area contributed by atoms with Crippen LogP contribution in [0, 0.1) is 0 Å². The number of aromatic nitrogens is 2. The number of hydrogen-bond donors (Lipinski definition) is 0. The number of amides is 2. The van der Waals surface area contributed by atoms with Crippen molar-refractivity contribution >= 4 is 29.2 Å². The molecule has 37 heavy (non-hydrogen) atoms. The fourth-order valence-electron chi connectivity index (χ4n) is 4.98. The summed E-state index contributed by atoms with van der Waals surface area (Å²) in [7, 11) is 1.58. The van der Waals surface area contributed by atoms with Crippen molar-refractivity contribution in [1.29, 1.82) is 0 Å². The van der Waals surface area contributed by atoms with Gasteiger partial charge in [0.1, 0.15) is 11.4 Å². The van der Waals surface area contributed by atoms with Crippen LogP contribution in [0.3, 0.4) is 0 Å². The number of ether oxygens (including phenoxy) is 2. The molecule has 0 radical (unpaired) electrons. The predicted octanol–water partition coefficient (Wildman–Crippen LogP) is 4.30. The first kappa shape index (κ1) is 24.5. The molecule has 1 unspecified atom stereocenters. The van der Waals surface area contributed by atoms with E-state index in [1.807, 2.05) is 29.2 Å². The first-order valence-electron chi connectivity index (χ1n) is 12.6. The van der Waals surface area contributed by atoms with E-state index in [0.29, 0.717) is 42.1 Å². The van der Waals surface area contributed by atoms with Crippen LogP contribution < -0.4 is 19.3 Å². The second kappa shape index (κ2) is 10.1. The van der Waals surface area contributed by atoms with E-state index >= 15 is 0 Å². The van der Waals surface area contributed by atoms with Crippen molar-refractivity contribution in [3.63, 3.8) is 0 Å². The van der Waals surface area contributed by atoms with Crippen LogP contribution >= 0.6 is 0 Å². The zero-order valence-corrected chi connectivity index (χ0v) is 21.3. The highest BCUT2D eigenvalue weighted by Crippen LogP contribution is 2.34. The maximum Gasteiger partial charge on any atom is 0.312 e. The first-order valence-corrected chi connectivity index (χ1v) is 12.6. The summed E-state index contributed by atoms with van der Waals surface area (Å²) in [5, 5.41) is 4.52. The monoisotopic (exact) mass is 502 g/mol. The molecule has 2 aliphatic rings. The molecule has 1 aromatic heterocycles. The molecule has 3 heterocycles. The molecule has 2 aliphatic heterocycles. The molecule has 0 saturated carbocycles. The van der Waals surface area contributed by atoms with Crippen molar-refractivity contribution in [3.05, 3.63) is 59.8 Å². The highest BCUT2D eigenvalue weighted by molar-refractivity contribution is 6.08. The Balaban J connectivity index is 1.49. The van der Waals surface area contributed by atoms with Gasteiger partial charge in [-0.1, -0.05) is 6.92 Å². The summed E-state index contributed by atoms with van der Waals surface area (Å²) in [6.45, 7) is 4.18. The normalized spacial score (nSPS) is 17.5. The van der Waals surface area contributed by atoms with Gasteiger partial charge in [0.05, 0.1) is 12.8 Å². The molecule has 2 aromatic carbocycles. The minimum absolute atomic E-state index is 0.128. The lowest BCUT2D eigenvalue weighted by molar-refractivity contribution is -0.134. The number of methoxy groups -OCH3 is 1. The molecule has 3 aromatic rings. The van der Waals surface area contributed by atoms with Gasteiger partial charge >= 0.3 is 5.97 Å². The predicted molar refractivity (Wildman–Crippen MR) is 139 cm³/mol. The van der Waals surface area contributed by atoms with Crippen LogP contribution in [-0.2, 0) is 16.0 Å². The molecule has 1 fully saturated rings. The van der Waals surface area contributed by atoms with Crippen molar-refractivity contribution in [2.24, 2.45) is 0 Å². The third-order valence-electron chi connectivity index (χ3n) is 6.96. The maximum absolute atomic E-state index is 13.8. The largest absolute Gasteiger partial charge is 0.497 e. The Bertz CT molecular complexity index is 1330. The lowest BCUT2D eigenvalue weighted by atomic mass is 10.0. The summed E-state index contributed by atoms with van der Waals surface area (Å²) in [4.78, 5) is 41.9. The highest BCUT2D eigenvalue weighted by atomic mass is 16.5. The number of benzene rings is 2. The third-order valence-corrected chi connectivity index (χ3v) is 6.96. The molecular weight excluding hydrogens is 472 g/mol. The van der Waals surface area contributed by atoms with Crippen molar-refractivity contribution in [2.45, 2.75) is 52.0 Å². The van der Waals surface area contributed by atoms with Crippen molar-refractivity contribution in [2.75, 3.05) is 23.5 Å². The van der Waals surface area contributed by atoms with Gasteiger partial charge < -0.3 is 19.3 Å². The molecule has 0 N–H and O–H groups in total. The van der Waals surface area contributed by atoms with Gasteiger partial charge in [-0.15, -0.1) is 5.10 Å². The Kier molecular flexibility index (Phi) is 6.69. The van der Waals surface area contributed by atoms with E-state index in [1.54, 1.807) is 43.2 Å². The van der Waals surface area contributed by atoms with E-state index in [9.17, 15) is 14.4 Å². The number of fused-ring (bicyclic) bond motifs is 1. The van der Waals surface area contributed by atoms with Crippen molar-refractivity contribution < 1.29 is 23.9 Å². The quantitative estimate of drug-likeness (QED) is 0.467. The van der Waals surface area contributed by atoms with Crippen LogP contribution in [0.2, 0.25) is 0 Å². The van der Waals surface area contributed by atoms with Crippen LogP contribution in [0.5, 0.6) is 11.6 Å². The number of nitrogens with zero attached hydrogens (tertiary/aromatic N) is 4. The van der Waals surface area contributed by atoms with E-state index in [4.69, 9.17) is 9.47 Å². The fourth-order valence-corrected chi connectivity index (χ4v) is 4.98. The summed E-state index contributed by atoms with van der Waals surface area (Å²) < 4.78 is 12.3. The van der Waals surface area contributed by atoms with Crippen molar-refractivity contribution in [1.82, 2.24) is 9.78 Å². The lowest BCUT2D eigenvalue weighted by Crippen LogP contribution is -2.42. The molecule has 0 bridgehead atoms. The van der Waals surface area contributed by atoms with Crippen molar-refractivity contribution in [3.8, 4) is 17.3 Å². The SMILES string of the molecule is CCC(=O)Oc1nn(-c2ccc(OC)cc2)c2c1CCN(c1ccc(N3C(=O)CCCC3C)cc1)C2=O. The van der Waals surface area contributed by atoms with E-state index in [2.05, 4.69) is 12.0 Å². The highest BCUT2D eigenvalue weighted by Gasteiger charge is 2.35. The number of esters is 1. The molecular formula is C28H30N4O5. The second-order valence-electron chi connectivity index (χ2n) is 9.30. The Hall–Kier alpha value is -4.14. The van der Waals surface area contributed by atoms with Gasteiger partial charge in [0, 0.05) is 42.4 Å². The topological polar surface area (TPSA) is 94.0 Å². The Morgan fingerprint density at radius 3 is 2.32 bits per heavy atom. The van der Waals surface area contributed by atoms with Gasteiger partial charge in [-0.25, -0.2) is 4.68 Å². The minimum atomic E-state index is -0.408. The standard InChI is InChI=1S/C28H30N4O5/c1-4-25(34)37-27-23-16-17-30(19-8-10-20(11-9-19)31-18(2)6-5-7-24(31)33)28(35)26(23)32(29-27)21-12-14-22(36-3)15-13-21/h8-15,18H,4-7,16-17H2,1-3H3. The van der Waals surface area contributed by atoms with Crippen LogP contribution in [0.4, 0.5) is 11.4 Å². The second-order valence-corrected chi connectivity index (χ2v) is 9.30. The zero-order chi connectivity index (χ0) is 26.1. The Morgan fingerprint density at radius 1 is 1.00 bits per heavy atom. The van der Waals surface area contributed by atoms with Gasteiger partial charge in [0.25, 0.3) is 5.91 Å². The molecule has 0 spiro atoms. The molecule has 1 saturated heterocycles. The van der Waals surface area contributed by atoms with Crippen LogP contribution in [-0.4, -0.2) is 47.3 Å². The molecule has 0 aliphatic carbocycles. The van der Waals surface area contributed by atoms with Gasteiger partial charge in [0.2, 0.25) is 11.8 Å². The van der Waals surface area contributed by atoms with Gasteiger partial charge in [0.15, 0.2) is 0 Å². The van der Waals surface area contributed by atoms with E-state index in [0.717, 1.165) is 24.2 Å². The van der Waals surface area contributed by atoms with E-state index < -0.39 is 5.97 Å². The number of hydrogen-bond acceptors (Lipinski definition) is 6.